The lowest BCUT2D eigenvalue weighted by atomic mass is 9.97. The Hall–Kier alpha value is -1.68. The van der Waals surface area contributed by atoms with E-state index in [-0.39, 0.29) is 11.9 Å². The van der Waals surface area contributed by atoms with Crippen molar-refractivity contribution < 1.29 is 4.39 Å². The standard InChI is InChI=1S/C15H20FN3/c1-4-7-19-10-12(9-18-19)15-8-13(16)5-6-14(15)11(2)17-3/h5-6,8-11,17H,4,7H2,1-3H3. The number of aromatic nitrogens is 2. The molecule has 0 saturated carbocycles. The van der Waals surface area contributed by atoms with Crippen molar-refractivity contribution in [3.8, 4) is 11.1 Å². The molecule has 4 heteroatoms. The second kappa shape index (κ2) is 5.97. The van der Waals surface area contributed by atoms with Gasteiger partial charge >= 0.3 is 0 Å². The Labute approximate surface area is 113 Å². The van der Waals surface area contributed by atoms with Crippen molar-refractivity contribution in [2.24, 2.45) is 0 Å². The normalized spacial score (nSPS) is 12.6. The Morgan fingerprint density at radius 2 is 2.21 bits per heavy atom. The molecule has 0 aliphatic heterocycles. The molecule has 0 aliphatic carbocycles. The fourth-order valence-electron chi connectivity index (χ4n) is 2.17. The SMILES string of the molecule is CCCn1cc(-c2cc(F)ccc2C(C)NC)cn1. The van der Waals surface area contributed by atoms with Crippen molar-refractivity contribution in [3.05, 3.63) is 42.0 Å². The zero-order valence-corrected chi connectivity index (χ0v) is 11.7. The Balaban J connectivity index is 2.43. The highest BCUT2D eigenvalue weighted by atomic mass is 19.1. The topological polar surface area (TPSA) is 29.9 Å². The molecule has 1 aromatic heterocycles. The first-order valence-electron chi connectivity index (χ1n) is 6.65. The van der Waals surface area contributed by atoms with Gasteiger partial charge in [0.25, 0.3) is 0 Å². The number of rotatable bonds is 5. The van der Waals surface area contributed by atoms with Gasteiger partial charge in [0.15, 0.2) is 0 Å². The number of hydrogen-bond acceptors (Lipinski definition) is 2. The smallest absolute Gasteiger partial charge is 0.123 e. The van der Waals surface area contributed by atoms with E-state index in [1.807, 2.05) is 24.0 Å². The van der Waals surface area contributed by atoms with Gasteiger partial charge in [0, 0.05) is 24.3 Å². The van der Waals surface area contributed by atoms with E-state index in [0.29, 0.717) is 0 Å². The van der Waals surface area contributed by atoms with Crippen molar-refractivity contribution in [2.45, 2.75) is 32.9 Å². The van der Waals surface area contributed by atoms with Gasteiger partial charge in [0.05, 0.1) is 6.20 Å². The van der Waals surface area contributed by atoms with Gasteiger partial charge in [0.2, 0.25) is 0 Å². The Kier molecular flexibility index (Phi) is 4.32. The van der Waals surface area contributed by atoms with Crippen LogP contribution in [-0.2, 0) is 6.54 Å². The van der Waals surface area contributed by atoms with Crippen LogP contribution < -0.4 is 5.32 Å². The molecule has 0 fully saturated rings. The zero-order valence-electron chi connectivity index (χ0n) is 11.7. The fraction of sp³-hybridized carbons (Fsp3) is 0.400. The van der Waals surface area contributed by atoms with E-state index >= 15 is 0 Å². The van der Waals surface area contributed by atoms with Crippen LogP contribution in [0.3, 0.4) is 0 Å². The average molecular weight is 261 g/mol. The van der Waals surface area contributed by atoms with E-state index < -0.39 is 0 Å². The number of nitrogens with one attached hydrogen (secondary N) is 1. The van der Waals surface area contributed by atoms with E-state index in [4.69, 9.17) is 0 Å². The maximum Gasteiger partial charge on any atom is 0.123 e. The van der Waals surface area contributed by atoms with Crippen LogP contribution in [0, 0.1) is 5.82 Å². The molecule has 19 heavy (non-hydrogen) atoms. The van der Waals surface area contributed by atoms with Crippen LogP contribution in [0.2, 0.25) is 0 Å². The summed E-state index contributed by atoms with van der Waals surface area (Å²) in [5.74, 6) is -0.217. The van der Waals surface area contributed by atoms with Crippen molar-refractivity contribution in [3.63, 3.8) is 0 Å². The highest BCUT2D eigenvalue weighted by molar-refractivity contribution is 5.66. The van der Waals surface area contributed by atoms with Gasteiger partial charge in [-0.25, -0.2) is 4.39 Å². The molecule has 1 aromatic carbocycles. The second-order valence-electron chi connectivity index (χ2n) is 4.73. The van der Waals surface area contributed by atoms with Gasteiger partial charge in [-0.2, -0.15) is 5.10 Å². The predicted molar refractivity (Wildman–Crippen MR) is 75.4 cm³/mol. The molecular formula is C15H20FN3. The first-order valence-corrected chi connectivity index (χ1v) is 6.65. The highest BCUT2D eigenvalue weighted by Gasteiger charge is 2.13. The van der Waals surface area contributed by atoms with Crippen molar-refractivity contribution >= 4 is 0 Å². The van der Waals surface area contributed by atoms with E-state index in [0.717, 1.165) is 29.7 Å². The van der Waals surface area contributed by atoms with Gasteiger partial charge in [-0.15, -0.1) is 0 Å². The molecule has 1 unspecified atom stereocenters. The first kappa shape index (κ1) is 13.7. The molecule has 1 heterocycles. The molecular weight excluding hydrogens is 241 g/mol. The van der Waals surface area contributed by atoms with Gasteiger partial charge in [-0.05, 0) is 43.7 Å². The van der Waals surface area contributed by atoms with E-state index in [9.17, 15) is 4.39 Å². The third kappa shape index (κ3) is 3.01. The van der Waals surface area contributed by atoms with Gasteiger partial charge in [0.1, 0.15) is 5.82 Å². The summed E-state index contributed by atoms with van der Waals surface area (Å²) in [5, 5.41) is 7.51. The molecule has 0 saturated heterocycles. The zero-order chi connectivity index (χ0) is 13.8. The number of halogens is 1. The third-order valence-corrected chi connectivity index (χ3v) is 3.31. The molecule has 0 spiro atoms. The van der Waals surface area contributed by atoms with Gasteiger partial charge < -0.3 is 5.32 Å². The van der Waals surface area contributed by atoms with Crippen molar-refractivity contribution in [2.75, 3.05) is 7.05 Å². The van der Waals surface area contributed by atoms with Crippen LogP contribution in [0.15, 0.2) is 30.6 Å². The van der Waals surface area contributed by atoms with Crippen LogP contribution in [-0.4, -0.2) is 16.8 Å². The number of hydrogen-bond donors (Lipinski definition) is 1. The summed E-state index contributed by atoms with van der Waals surface area (Å²) in [6, 6.07) is 5.09. The van der Waals surface area contributed by atoms with E-state index in [1.54, 1.807) is 12.3 Å². The lowest BCUT2D eigenvalue weighted by Gasteiger charge is -2.15. The fourth-order valence-corrected chi connectivity index (χ4v) is 2.17. The monoisotopic (exact) mass is 261 g/mol. The summed E-state index contributed by atoms with van der Waals surface area (Å²) in [6.07, 6.45) is 4.81. The summed E-state index contributed by atoms with van der Waals surface area (Å²) >= 11 is 0. The molecule has 1 N–H and O–H groups in total. The largest absolute Gasteiger partial charge is 0.313 e. The van der Waals surface area contributed by atoms with E-state index in [2.05, 4.69) is 24.3 Å². The average Bonchev–Trinajstić information content (AvgIpc) is 2.87. The summed E-state index contributed by atoms with van der Waals surface area (Å²) in [5.41, 5.74) is 2.95. The van der Waals surface area contributed by atoms with Crippen molar-refractivity contribution in [1.29, 1.82) is 0 Å². The summed E-state index contributed by atoms with van der Waals surface area (Å²) in [4.78, 5) is 0. The molecule has 0 bridgehead atoms. The molecule has 0 aliphatic rings. The molecule has 1 atom stereocenters. The van der Waals surface area contributed by atoms with Gasteiger partial charge in [-0.3, -0.25) is 4.68 Å². The first-order chi connectivity index (χ1) is 9.15. The summed E-state index contributed by atoms with van der Waals surface area (Å²) in [7, 11) is 1.90. The minimum Gasteiger partial charge on any atom is -0.313 e. The summed E-state index contributed by atoms with van der Waals surface area (Å²) in [6.45, 7) is 5.05. The molecule has 2 aromatic rings. The molecule has 2 rings (SSSR count). The maximum atomic E-state index is 13.5. The molecule has 0 amide bonds. The lowest BCUT2D eigenvalue weighted by molar-refractivity contribution is 0.603. The lowest BCUT2D eigenvalue weighted by Crippen LogP contribution is -2.13. The number of nitrogens with zero attached hydrogens (tertiary/aromatic N) is 2. The Morgan fingerprint density at radius 3 is 2.89 bits per heavy atom. The van der Waals surface area contributed by atoms with Gasteiger partial charge in [-0.1, -0.05) is 13.0 Å². The van der Waals surface area contributed by atoms with Crippen molar-refractivity contribution in [1.82, 2.24) is 15.1 Å². The minimum atomic E-state index is -0.217. The molecule has 0 radical (unpaired) electrons. The second-order valence-corrected chi connectivity index (χ2v) is 4.73. The van der Waals surface area contributed by atoms with Crippen LogP contribution >= 0.6 is 0 Å². The minimum absolute atomic E-state index is 0.171. The predicted octanol–water partition coefficient (Wildman–Crippen LogP) is 3.38. The maximum absolute atomic E-state index is 13.5. The van der Waals surface area contributed by atoms with Crippen LogP contribution in [0.1, 0.15) is 31.9 Å². The summed E-state index contributed by atoms with van der Waals surface area (Å²) < 4.78 is 15.4. The van der Waals surface area contributed by atoms with Crippen LogP contribution in [0.25, 0.3) is 11.1 Å². The van der Waals surface area contributed by atoms with Crippen LogP contribution in [0.5, 0.6) is 0 Å². The molecule has 3 nitrogen and oxygen atoms in total. The number of benzene rings is 1. The Bertz CT molecular complexity index is 548. The van der Waals surface area contributed by atoms with E-state index in [1.165, 1.54) is 6.07 Å². The highest BCUT2D eigenvalue weighted by Crippen LogP contribution is 2.28. The van der Waals surface area contributed by atoms with Crippen LogP contribution in [0.4, 0.5) is 4.39 Å². The number of aryl methyl sites for hydroxylation is 1. The quantitative estimate of drug-likeness (QED) is 0.894. The molecule has 102 valence electrons. The Morgan fingerprint density at radius 1 is 1.42 bits per heavy atom. The third-order valence-electron chi connectivity index (χ3n) is 3.31.